The lowest BCUT2D eigenvalue weighted by Crippen LogP contribution is -2.50. The minimum absolute atomic E-state index is 0.00459. The number of carbonyl (C=O) groups excluding carboxylic acids is 3. The number of rotatable bonds is 4. The Labute approximate surface area is 196 Å². The molecule has 8 nitrogen and oxygen atoms in total. The van der Waals surface area contributed by atoms with Crippen LogP contribution in [0.5, 0.6) is 5.75 Å². The molecule has 2 aromatic carbocycles. The maximum atomic E-state index is 13.7. The van der Waals surface area contributed by atoms with Crippen molar-refractivity contribution in [2.24, 2.45) is 11.8 Å². The van der Waals surface area contributed by atoms with Crippen molar-refractivity contribution in [2.45, 2.75) is 38.1 Å². The lowest BCUT2D eigenvalue weighted by Gasteiger charge is -2.42. The van der Waals surface area contributed by atoms with Crippen molar-refractivity contribution in [1.29, 1.82) is 0 Å². The molecule has 2 aliphatic heterocycles. The van der Waals surface area contributed by atoms with Crippen LogP contribution < -0.4 is 0 Å². The molecule has 1 saturated carbocycles. The monoisotopic (exact) mass is 462 g/mol. The van der Waals surface area contributed by atoms with Gasteiger partial charge in [-0.15, -0.1) is 0 Å². The first-order chi connectivity index (χ1) is 16.4. The molecular weight excluding hydrogens is 436 g/mol. The van der Waals surface area contributed by atoms with Gasteiger partial charge >= 0.3 is 5.97 Å². The number of imide groups is 1. The van der Waals surface area contributed by atoms with Crippen LogP contribution in [-0.2, 0) is 16.0 Å². The van der Waals surface area contributed by atoms with Crippen LogP contribution in [0, 0.1) is 11.8 Å². The van der Waals surface area contributed by atoms with Crippen LogP contribution in [0.2, 0.25) is 0 Å². The van der Waals surface area contributed by atoms with E-state index in [4.69, 9.17) is 0 Å². The van der Waals surface area contributed by atoms with Crippen LogP contribution in [-0.4, -0.2) is 56.8 Å². The van der Waals surface area contributed by atoms with Crippen molar-refractivity contribution in [3.05, 3.63) is 64.7 Å². The molecule has 2 unspecified atom stereocenters. The summed E-state index contributed by atoms with van der Waals surface area (Å²) < 4.78 is 0. The van der Waals surface area contributed by atoms with Gasteiger partial charge in [0.1, 0.15) is 5.75 Å². The highest BCUT2D eigenvalue weighted by Crippen LogP contribution is 2.41. The van der Waals surface area contributed by atoms with Gasteiger partial charge in [-0.1, -0.05) is 37.1 Å². The number of aromatic hydroxyl groups is 1. The van der Waals surface area contributed by atoms with Crippen molar-refractivity contribution >= 4 is 23.7 Å². The SMILES string of the molecule is O=C(O)C1CCCCC1C(=O)N1CCc2cccc(O)c2[C@H]1CN1C(=O)c2ccccc2C1=O. The average Bonchev–Trinajstić information content (AvgIpc) is 3.09. The third-order valence-corrected chi connectivity index (χ3v) is 7.42. The Bertz CT molecular complexity index is 1160. The first-order valence-corrected chi connectivity index (χ1v) is 11.7. The fourth-order valence-electron chi connectivity index (χ4n) is 5.72. The maximum Gasteiger partial charge on any atom is 0.307 e. The minimum Gasteiger partial charge on any atom is -0.508 e. The highest BCUT2D eigenvalue weighted by atomic mass is 16.4. The zero-order valence-corrected chi connectivity index (χ0v) is 18.6. The highest BCUT2D eigenvalue weighted by Gasteiger charge is 2.44. The summed E-state index contributed by atoms with van der Waals surface area (Å²) >= 11 is 0. The second-order valence-electron chi connectivity index (χ2n) is 9.25. The molecule has 2 aromatic rings. The van der Waals surface area contributed by atoms with E-state index in [2.05, 4.69) is 0 Å². The Morgan fingerprint density at radius 2 is 1.56 bits per heavy atom. The molecule has 0 radical (unpaired) electrons. The number of phenolic OH excluding ortho intramolecular Hbond substituents is 1. The first-order valence-electron chi connectivity index (χ1n) is 11.7. The molecule has 2 heterocycles. The molecule has 1 fully saturated rings. The van der Waals surface area contributed by atoms with E-state index in [1.54, 1.807) is 35.2 Å². The van der Waals surface area contributed by atoms with E-state index < -0.39 is 35.7 Å². The summed E-state index contributed by atoms with van der Waals surface area (Å²) in [5.41, 5.74) is 2.00. The first kappa shape index (κ1) is 22.1. The van der Waals surface area contributed by atoms with Crippen LogP contribution >= 0.6 is 0 Å². The second kappa shape index (κ2) is 8.59. The number of benzene rings is 2. The fourth-order valence-corrected chi connectivity index (χ4v) is 5.72. The van der Waals surface area contributed by atoms with Crippen LogP contribution in [0.15, 0.2) is 42.5 Å². The molecule has 176 valence electrons. The lowest BCUT2D eigenvalue weighted by atomic mass is 9.77. The van der Waals surface area contributed by atoms with Crippen molar-refractivity contribution in [3.8, 4) is 5.75 Å². The van der Waals surface area contributed by atoms with Crippen molar-refractivity contribution < 1.29 is 29.4 Å². The maximum absolute atomic E-state index is 13.7. The molecule has 2 N–H and O–H groups in total. The standard InChI is InChI=1S/C26H26N2O6/c29-21-11-5-6-15-12-13-27(23(30)18-9-3-4-10-19(18)26(33)34)20(22(15)21)14-28-24(31)16-7-1-2-8-17(16)25(28)32/h1-2,5-8,11,18-20,29H,3-4,9-10,12-14H2,(H,33,34)/t18?,19?,20-/m1/s1. The number of nitrogens with zero attached hydrogens (tertiary/aromatic N) is 2. The Kier molecular flexibility index (Phi) is 5.59. The van der Waals surface area contributed by atoms with Gasteiger partial charge in [-0.05, 0) is 43.0 Å². The van der Waals surface area contributed by atoms with Crippen molar-refractivity contribution in [3.63, 3.8) is 0 Å². The van der Waals surface area contributed by atoms with E-state index in [1.807, 2.05) is 6.07 Å². The molecule has 3 amide bonds. The van der Waals surface area contributed by atoms with Crippen molar-refractivity contribution in [1.82, 2.24) is 9.80 Å². The van der Waals surface area contributed by atoms with E-state index in [1.165, 1.54) is 6.07 Å². The fraction of sp³-hybridized carbons (Fsp3) is 0.385. The van der Waals surface area contributed by atoms with Gasteiger partial charge in [0, 0.05) is 12.1 Å². The number of carboxylic acids is 1. The van der Waals surface area contributed by atoms with Gasteiger partial charge in [0.05, 0.1) is 35.5 Å². The molecule has 3 aliphatic rings. The van der Waals surface area contributed by atoms with Gasteiger partial charge in [-0.2, -0.15) is 0 Å². The number of phenols is 1. The summed E-state index contributed by atoms with van der Waals surface area (Å²) in [4.78, 5) is 54.4. The van der Waals surface area contributed by atoms with Crippen molar-refractivity contribution in [2.75, 3.05) is 13.1 Å². The predicted molar refractivity (Wildman–Crippen MR) is 121 cm³/mol. The molecule has 34 heavy (non-hydrogen) atoms. The number of carboxylic acid groups (broad SMARTS) is 1. The van der Waals surface area contributed by atoms with Gasteiger partial charge < -0.3 is 15.1 Å². The minimum atomic E-state index is -0.977. The Balaban J connectivity index is 1.52. The Morgan fingerprint density at radius 1 is 0.912 bits per heavy atom. The summed E-state index contributed by atoms with van der Waals surface area (Å²) in [6.07, 6.45) is 2.98. The van der Waals surface area contributed by atoms with Crippen LogP contribution in [0.4, 0.5) is 0 Å². The quantitative estimate of drug-likeness (QED) is 0.675. The van der Waals surface area contributed by atoms with E-state index in [0.717, 1.165) is 23.3 Å². The zero-order valence-electron chi connectivity index (χ0n) is 18.6. The lowest BCUT2D eigenvalue weighted by molar-refractivity contribution is -0.153. The molecule has 5 rings (SSSR count). The summed E-state index contributed by atoms with van der Waals surface area (Å²) in [5.74, 6) is -3.56. The van der Waals surface area contributed by atoms with E-state index >= 15 is 0 Å². The Morgan fingerprint density at radius 3 is 2.21 bits per heavy atom. The number of carbonyl (C=O) groups is 4. The summed E-state index contributed by atoms with van der Waals surface area (Å²) in [6.45, 7) is 0.221. The smallest absolute Gasteiger partial charge is 0.307 e. The Hall–Kier alpha value is -3.68. The molecule has 0 spiro atoms. The predicted octanol–water partition coefficient (Wildman–Crippen LogP) is 3.01. The van der Waals surface area contributed by atoms with Crippen LogP contribution in [0.1, 0.15) is 63.6 Å². The van der Waals surface area contributed by atoms with E-state index in [9.17, 15) is 29.4 Å². The van der Waals surface area contributed by atoms with Gasteiger partial charge in [-0.25, -0.2) is 0 Å². The van der Waals surface area contributed by atoms with Crippen LogP contribution in [0.25, 0.3) is 0 Å². The van der Waals surface area contributed by atoms with E-state index in [-0.39, 0.29) is 18.2 Å². The molecule has 0 bridgehead atoms. The molecule has 3 atom stereocenters. The number of amides is 3. The van der Waals surface area contributed by atoms with Crippen LogP contribution in [0.3, 0.4) is 0 Å². The average molecular weight is 463 g/mol. The number of hydrogen-bond donors (Lipinski definition) is 2. The molecule has 8 heteroatoms. The molecule has 0 aromatic heterocycles. The highest BCUT2D eigenvalue weighted by molar-refractivity contribution is 6.21. The largest absolute Gasteiger partial charge is 0.508 e. The zero-order chi connectivity index (χ0) is 24.0. The molecular formula is C26H26N2O6. The number of hydrogen-bond acceptors (Lipinski definition) is 5. The third-order valence-electron chi connectivity index (χ3n) is 7.42. The summed E-state index contributed by atoms with van der Waals surface area (Å²) in [7, 11) is 0. The topological polar surface area (TPSA) is 115 Å². The third kappa shape index (κ3) is 3.54. The summed E-state index contributed by atoms with van der Waals surface area (Å²) in [6, 6.07) is 11.0. The van der Waals surface area contributed by atoms with Gasteiger partial charge in [0.2, 0.25) is 5.91 Å². The summed E-state index contributed by atoms with van der Waals surface area (Å²) in [5, 5.41) is 20.5. The number of fused-ring (bicyclic) bond motifs is 2. The van der Waals surface area contributed by atoms with E-state index in [0.29, 0.717) is 42.5 Å². The number of aliphatic carboxylic acids is 1. The normalized spacial score (nSPS) is 24.1. The van der Waals surface area contributed by atoms with Gasteiger partial charge in [0.15, 0.2) is 0 Å². The second-order valence-corrected chi connectivity index (χ2v) is 9.25. The van der Waals surface area contributed by atoms with Gasteiger partial charge in [-0.3, -0.25) is 24.1 Å². The van der Waals surface area contributed by atoms with Gasteiger partial charge in [0.25, 0.3) is 11.8 Å². The molecule has 0 saturated heterocycles. The molecule has 1 aliphatic carbocycles.